The summed E-state index contributed by atoms with van der Waals surface area (Å²) < 4.78 is 0. The lowest BCUT2D eigenvalue weighted by atomic mass is 9.27. The van der Waals surface area contributed by atoms with Gasteiger partial charge in [-0.25, -0.2) is 0 Å². The van der Waals surface area contributed by atoms with Gasteiger partial charge in [0, 0.05) is 0 Å². The summed E-state index contributed by atoms with van der Waals surface area (Å²) in [6.45, 7) is 12.3. The molecule has 2 saturated carbocycles. The Morgan fingerprint density at radius 3 is 2.07 bits per heavy atom. The van der Waals surface area contributed by atoms with E-state index in [2.05, 4.69) is 34.6 Å². The SMILES string of the molecule is CCCC1C2CC(CCC)C2(C)C1(C)C. The molecule has 15 heavy (non-hydrogen) atoms. The molecule has 0 aromatic heterocycles. The minimum Gasteiger partial charge on any atom is -0.0654 e. The maximum Gasteiger partial charge on any atom is -0.0212 e. The molecule has 0 saturated heterocycles. The lowest BCUT2D eigenvalue weighted by Gasteiger charge is -2.77. The highest BCUT2D eigenvalue weighted by Gasteiger charge is 2.71. The second-order valence-electron chi connectivity index (χ2n) is 6.73. The van der Waals surface area contributed by atoms with Gasteiger partial charge in [-0.15, -0.1) is 0 Å². The molecule has 2 rings (SSSR count). The predicted octanol–water partition coefficient (Wildman–Crippen LogP) is 4.89. The highest BCUT2D eigenvalue weighted by atomic mass is 14.8. The average molecular weight is 208 g/mol. The van der Waals surface area contributed by atoms with Crippen LogP contribution in [0.5, 0.6) is 0 Å². The van der Waals surface area contributed by atoms with Crippen LogP contribution in [0.4, 0.5) is 0 Å². The molecular weight excluding hydrogens is 180 g/mol. The summed E-state index contributed by atoms with van der Waals surface area (Å²) in [4.78, 5) is 0. The highest BCUT2D eigenvalue weighted by molar-refractivity contribution is 5.19. The van der Waals surface area contributed by atoms with Gasteiger partial charge >= 0.3 is 0 Å². The van der Waals surface area contributed by atoms with Gasteiger partial charge in [0.15, 0.2) is 0 Å². The van der Waals surface area contributed by atoms with E-state index in [9.17, 15) is 0 Å². The van der Waals surface area contributed by atoms with Crippen LogP contribution in [0.15, 0.2) is 0 Å². The van der Waals surface area contributed by atoms with Gasteiger partial charge in [-0.2, -0.15) is 0 Å². The Kier molecular flexibility index (Phi) is 2.68. The summed E-state index contributed by atoms with van der Waals surface area (Å²) >= 11 is 0. The molecule has 2 aliphatic rings. The molecule has 0 heteroatoms. The number of hydrogen-bond acceptors (Lipinski definition) is 0. The largest absolute Gasteiger partial charge is 0.0654 e. The van der Waals surface area contributed by atoms with Crippen LogP contribution in [-0.2, 0) is 0 Å². The molecule has 0 amide bonds. The Labute approximate surface area is 95.8 Å². The molecule has 0 aromatic rings. The van der Waals surface area contributed by atoms with Crippen LogP contribution >= 0.6 is 0 Å². The van der Waals surface area contributed by atoms with E-state index in [0.717, 1.165) is 17.8 Å². The first kappa shape index (κ1) is 11.5. The molecule has 4 unspecified atom stereocenters. The van der Waals surface area contributed by atoms with Crippen LogP contribution in [0.3, 0.4) is 0 Å². The van der Waals surface area contributed by atoms with Crippen LogP contribution in [0, 0.1) is 28.6 Å². The van der Waals surface area contributed by atoms with E-state index in [1.165, 1.54) is 25.7 Å². The molecule has 2 aliphatic carbocycles. The molecule has 0 nitrogen and oxygen atoms in total. The Morgan fingerprint density at radius 2 is 1.60 bits per heavy atom. The molecule has 0 N–H and O–H groups in total. The number of rotatable bonds is 4. The molecule has 0 radical (unpaired) electrons. The van der Waals surface area contributed by atoms with Crippen molar-refractivity contribution in [2.75, 3.05) is 0 Å². The summed E-state index contributed by atoms with van der Waals surface area (Å²) in [5.74, 6) is 3.14. The Morgan fingerprint density at radius 1 is 1.00 bits per heavy atom. The first-order valence-corrected chi connectivity index (χ1v) is 7.00. The van der Waals surface area contributed by atoms with Gasteiger partial charge < -0.3 is 0 Å². The van der Waals surface area contributed by atoms with Crippen LogP contribution in [0.1, 0.15) is 66.7 Å². The maximum absolute atomic E-state index is 2.58. The van der Waals surface area contributed by atoms with E-state index < -0.39 is 0 Å². The maximum atomic E-state index is 2.58. The van der Waals surface area contributed by atoms with Crippen molar-refractivity contribution in [3.8, 4) is 0 Å². The van der Waals surface area contributed by atoms with Crippen LogP contribution in [0.2, 0.25) is 0 Å². The third-order valence-electron chi connectivity index (χ3n) is 6.19. The number of hydrogen-bond donors (Lipinski definition) is 0. The molecule has 88 valence electrons. The van der Waals surface area contributed by atoms with Crippen molar-refractivity contribution in [3.63, 3.8) is 0 Å². The fourth-order valence-electron chi connectivity index (χ4n) is 4.97. The minimum absolute atomic E-state index is 0.617. The topological polar surface area (TPSA) is 0 Å². The molecule has 0 aliphatic heterocycles. The van der Waals surface area contributed by atoms with Gasteiger partial charge in [0.2, 0.25) is 0 Å². The fourth-order valence-corrected chi connectivity index (χ4v) is 4.97. The average Bonchev–Trinajstić information content (AvgIpc) is 2.20. The van der Waals surface area contributed by atoms with Crippen molar-refractivity contribution in [1.29, 1.82) is 0 Å². The van der Waals surface area contributed by atoms with E-state index in [-0.39, 0.29) is 0 Å². The molecule has 2 fully saturated rings. The summed E-state index contributed by atoms with van der Waals surface area (Å²) in [5, 5.41) is 0. The van der Waals surface area contributed by atoms with Crippen LogP contribution in [0.25, 0.3) is 0 Å². The van der Waals surface area contributed by atoms with Crippen molar-refractivity contribution >= 4 is 0 Å². The molecule has 0 aromatic carbocycles. The first-order valence-electron chi connectivity index (χ1n) is 7.00. The van der Waals surface area contributed by atoms with Gasteiger partial charge in [0.25, 0.3) is 0 Å². The molecule has 4 atom stereocenters. The van der Waals surface area contributed by atoms with Crippen molar-refractivity contribution in [3.05, 3.63) is 0 Å². The summed E-state index contributed by atoms with van der Waals surface area (Å²) in [6.07, 6.45) is 7.22. The zero-order valence-electron chi connectivity index (χ0n) is 11.3. The summed E-state index contributed by atoms with van der Waals surface area (Å²) in [7, 11) is 0. The van der Waals surface area contributed by atoms with E-state index in [1.54, 1.807) is 6.42 Å². The van der Waals surface area contributed by atoms with Gasteiger partial charge in [-0.1, -0.05) is 53.9 Å². The normalized spacial score (nSPS) is 46.6. The molecule has 0 heterocycles. The van der Waals surface area contributed by atoms with Gasteiger partial charge in [0.05, 0.1) is 0 Å². The minimum atomic E-state index is 0.617. The van der Waals surface area contributed by atoms with E-state index in [4.69, 9.17) is 0 Å². The Hall–Kier alpha value is 0. The predicted molar refractivity (Wildman–Crippen MR) is 66.8 cm³/mol. The first-order chi connectivity index (χ1) is 7.00. The molecular formula is C15H28. The molecule has 0 bridgehead atoms. The highest BCUT2D eigenvalue weighted by Crippen LogP contribution is 2.78. The summed E-state index contributed by atoms with van der Waals surface area (Å²) in [6, 6.07) is 0. The van der Waals surface area contributed by atoms with Gasteiger partial charge in [-0.05, 0) is 41.4 Å². The zero-order chi connectivity index (χ0) is 11.3. The standard InChI is InChI=1S/C15H28/c1-6-8-11-10-13-12(9-7-2)14(3,4)15(11,13)5/h11-13H,6-10H2,1-5H3. The number of fused-ring (bicyclic) bond motifs is 1. The third kappa shape index (κ3) is 1.20. The van der Waals surface area contributed by atoms with Crippen LogP contribution < -0.4 is 0 Å². The van der Waals surface area contributed by atoms with Crippen molar-refractivity contribution < 1.29 is 0 Å². The second kappa shape index (κ2) is 3.50. The quantitative estimate of drug-likeness (QED) is 0.617. The van der Waals surface area contributed by atoms with E-state index in [0.29, 0.717) is 10.8 Å². The van der Waals surface area contributed by atoms with Gasteiger partial charge in [-0.3, -0.25) is 0 Å². The van der Waals surface area contributed by atoms with Crippen molar-refractivity contribution in [2.24, 2.45) is 28.6 Å². The Bertz CT molecular complexity index is 240. The lowest BCUT2D eigenvalue weighted by molar-refractivity contribution is -0.290. The van der Waals surface area contributed by atoms with E-state index >= 15 is 0 Å². The smallest absolute Gasteiger partial charge is 0.0212 e. The van der Waals surface area contributed by atoms with Gasteiger partial charge in [0.1, 0.15) is 0 Å². The van der Waals surface area contributed by atoms with E-state index in [1.807, 2.05) is 0 Å². The third-order valence-corrected chi connectivity index (χ3v) is 6.19. The summed E-state index contributed by atoms with van der Waals surface area (Å²) in [5.41, 5.74) is 1.31. The van der Waals surface area contributed by atoms with Crippen molar-refractivity contribution in [2.45, 2.75) is 66.7 Å². The Balaban J connectivity index is 2.07. The monoisotopic (exact) mass is 208 g/mol. The van der Waals surface area contributed by atoms with Crippen molar-refractivity contribution in [1.82, 2.24) is 0 Å². The zero-order valence-corrected chi connectivity index (χ0v) is 11.3. The fraction of sp³-hybridized carbons (Fsp3) is 1.00. The lowest BCUT2D eigenvalue weighted by Crippen LogP contribution is -2.71. The molecule has 0 spiro atoms. The van der Waals surface area contributed by atoms with Crippen LogP contribution in [-0.4, -0.2) is 0 Å². The second-order valence-corrected chi connectivity index (χ2v) is 6.73.